The monoisotopic (exact) mass is 337 g/mol. The van der Waals surface area contributed by atoms with Crippen molar-refractivity contribution in [2.24, 2.45) is 0 Å². The van der Waals surface area contributed by atoms with Crippen LogP contribution in [-0.4, -0.2) is 23.4 Å². The molecule has 3 rings (SSSR count). The maximum absolute atomic E-state index is 12.4. The van der Waals surface area contributed by atoms with E-state index in [9.17, 15) is 4.79 Å². The summed E-state index contributed by atoms with van der Waals surface area (Å²) in [5.41, 5.74) is 0. The summed E-state index contributed by atoms with van der Waals surface area (Å²) in [6.45, 7) is 0.919. The molecule has 0 aromatic heterocycles. The molecule has 2 heterocycles. The molecule has 1 fully saturated rings. The highest BCUT2D eigenvalue weighted by molar-refractivity contribution is 9.12. The SMILES string of the molecule is O=C1C(Br)=C(Sc2ccccc2)CC2CCCCN12. The summed E-state index contributed by atoms with van der Waals surface area (Å²) < 4.78 is 0.763. The number of piperidine rings is 1. The zero-order valence-corrected chi connectivity index (χ0v) is 13.0. The molecule has 100 valence electrons. The first-order valence-electron chi connectivity index (χ1n) is 6.68. The largest absolute Gasteiger partial charge is 0.335 e. The number of nitrogens with zero attached hydrogens (tertiary/aromatic N) is 1. The van der Waals surface area contributed by atoms with Crippen LogP contribution < -0.4 is 0 Å². The average Bonchev–Trinajstić information content (AvgIpc) is 2.46. The zero-order chi connectivity index (χ0) is 13.2. The molecule has 0 spiro atoms. The summed E-state index contributed by atoms with van der Waals surface area (Å²) in [5, 5.41) is 0. The summed E-state index contributed by atoms with van der Waals surface area (Å²) in [7, 11) is 0. The molecule has 2 nitrogen and oxygen atoms in total. The zero-order valence-electron chi connectivity index (χ0n) is 10.6. The highest BCUT2D eigenvalue weighted by atomic mass is 79.9. The Hall–Kier alpha value is -0.740. The van der Waals surface area contributed by atoms with E-state index in [-0.39, 0.29) is 5.91 Å². The molecule has 1 saturated heterocycles. The van der Waals surface area contributed by atoms with Crippen LogP contribution in [0.5, 0.6) is 0 Å². The molecular weight excluding hydrogens is 322 g/mol. The Morgan fingerprint density at radius 1 is 1.21 bits per heavy atom. The van der Waals surface area contributed by atoms with Crippen molar-refractivity contribution >= 4 is 33.6 Å². The first-order valence-corrected chi connectivity index (χ1v) is 8.29. The predicted octanol–water partition coefficient (Wildman–Crippen LogP) is 4.17. The Labute approximate surface area is 126 Å². The summed E-state index contributed by atoms with van der Waals surface area (Å²) in [4.78, 5) is 16.8. The third-order valence-corrected chi connectivity index (χ3v) is 5.93. The van der Waals surface area contributed by atoms with Crippen LogP contribution >= 0.6 is 27.7 Å². The van der Waals surface area contributed by atoms with Gasteiger partial charge >= 0.3 is 0 Å². The van der Waals surface area contributed by atoms with Crippen molar-refractivity contribution in [3.8, 4) is 0 Å². The van der Waals surface area contributed by atoms with E-state index in [1.807, 2.05) is 23.1 Å². The number of hydrogen-bond donors (Lipinski definition) is 0. The summed E-state index contributed by atoms with van der Waals surface area (Å²) in [6.07, 6.45) is 4.52. The lowest BCUT2D eigenvalue weighted by Gasteiger charge is -2.39. The van der Waals surface area contributed by atoms with Crippen molar-refractivity contribution in [1.29, 1.82) is 0 Å². The maximum Gasteiger partial charge on any atom is 0.261 e. The number of hydrogen-bond acceptors (Lipinski definition) is 2. The van der Waals surface area contributed by atoms with Crippen LogP contribution in [0.1, 0.15) is 25.7 Å². The van der Waals surface area contributed by atoms with E-state index in [0.717, 1.165) is 30.3 Å². The van der Waals surface area contributed by atoms with Crippen molar-refractivity contribution in [1.82, 2.24) is 4.90 Å². The number of carbonyl (C=O) groups excluding carboxylic acids is 1. The molecule has 2 aliphatic heterocycles. The molecule has 0 radical (unpaired) electrons. The van der Waals surface area contributed by atoms with Gasteiger partial charge in [-0.3, -0.25) is 4.79 Å². The normalized spacial score (nSPS) is 23.5. The van der Waals surface area contributed by atoms with Crippen LogP contribution in [0.15, 0.2) is 44.6 Å². The fourth-order valence-corrected chi connectivity index (χ4v) is 4.41. The molecule has 1 aromatic carbocycles. The summed E-state index contributed by atoms with van der Waals surface area (Å²) >= 11 is 5.22. The Balaban J connectivity index is 1.84. The lowest BCUT2D eigenvalue weighted by molar-refractivity contribution is -0.130. The minimum Gasteiger partial charge on any atom is -0.335 e. The molecule has 19 heavy (non-hydrogen) atoms. The number of carbonyl (C=O) groups is 1. The molecule has 1 unspecified atom stereocenters. The lowest BCUT2D eigenvalue weighted by atomic mass is 9.96. The Kier molecular flexibility index (Phi) is 3.99. The number of fused-ring (bicyclic) bond motifs is 1. The van der Waals surface area contributed by atoms with E-state index in [2.05, 4.69) is 28.1 Å². The van der Waals surface area contributed by atoms with Gasteiger partial charge < -0.3 is 4.90 Å². The molecule has 2 aliphatic rings. The van der Waals surface area contributed by atoms with Gasteiger partial charge in [0.15, 0.2) is 0 Å². The Bertz CT molecular complexity index is 514. The second-order valence-corrected chi connectivity index (χ2v) is 6.97. The van der Waals surface area contributed by atoms with Crippen molar-refractivity contribution < 1.29 is 4.79 Å². The smallest absolute Gasteiger partial charge is 0.261 e. The second kappa shape index (κ2) is 5.71. The van der Waals surface area contributed by atoms with Gasteiger partial charge in [0, 0.05) is 28.8 Å². The quantitative estimate of drug-likeness (QED) is 0.807. The topological polar surface area (TPSA) is 20.3 Å². The number of amides is 1. The van der Waals surface area contributed by atoms with E-state index in [0.29, 0.717) is 6.04 Å². The van der Waals surface area contributed by atoms with E-state index >= 15 is 0 Å². The molecule has 0 bridgehead atoms. The van der Waals surface area contributed by atoms with Gasteiger partial charge in [0.25, 0.3) is 5.91 Å². The van der Waals surface area contributed by atoms with Crippen molar-refractivity contribution in [2.75, 3.05) is 6.54 Å². The molecule has 0 saturated carbocycles. The second-order valence-electron chi connectivity index (χ2n) is 5.00. The fraction of sp³-hybridized carbons (Fsp3) is 0.400. The van der Waals surface area contributed by atoms with E-state index in [1.54, 1.807) is 11.8 Å². The highest BCUT2D eigenvalue weighted by Crippen LogP contribution is 2.41. The van der Waals surface area contributed by atoms with E-state index in [1.165, 1.54) is 16.2 Å². The van der Waals surface area contributed by atoms with Crippen LogP contribution in [0.2, 0.25) is 0 Å². The van der Waals surface area contributed by atoms with Crippen LogP contribution in [0.4, 0.5) is 0 Å². The van der Waals surface area contributed by atoms with Gasteiger partial charge in [0.1, 0.15) is 0 Å². The van der Waals surface area contributed by atoms with Gasteiger partial charge in [-0.1, -0.05) is 30.0 Å². The number of benzene rings is 1. The summed E-state index contributed by atoms with van der Waals surface area (Å²) in [6, 6.07) is 10.7. The van der Waals surface area contributed by atoms with E-state index in [4.69, 9.17) is 0 Å². The first-order chi connectivity index (χ1) is 9.25. The van der Waals surface area contributed by atoms with Crippen LogP contribution in [0.25, 0.3) is 0 Å². The fourth-order valence-electron chi connectivity index (χ4n) is 2.75. The van der Waals surface area contributed by atoms with Gasteiger partial charge in [-0.15, -0.1) is 0 Å². The molecular formula is C15H16BrNOS. The molecule has 1 aromatic rings. The predicted molar refractivity (Wildman–Crippen MR) is 82.2 cm³/mol. The van der Waals surface area contributed by atoms with Crippen LogP contribution in [0.3, 0.4) is 0 Å². The van der Waals surface area contributed by atoms with Gasteiger partial charge in [-0.25, -0.2) is 0 Å². The van der Waals surface area contributed by atoms with Gasteiger partial charge in [0.05, 0.1) is 4.48 Å². The molecule has 1 atom stereocenters. The molecule has 1 amide bonds. The van der Waals surface area contributed by atoms with E-state index < -0.39 is 0 Å². The molecule has 4 heteroatoms. The first kappa shape index (κ1) is 13.3. The van der Waals surface area contributed by atoms with Gasteiger partial charge in [-0.05, 0) is 47.3 Å². The summed E-state index contributed by atoms with van der Waals surface area (Å²) in [5.74, 6) is 0.175. The standard InChI is InChI=1S/C15H16BrNOS/c16-14-13(19-12-7-2-1-3-8-12)10-11-6-4-5-9-17(11)15(14)18/h1-3,7-8,11H,4-6,9-10H2. The van der Waals surface area contributed by atoms with Gasteiger partial charge in [0.2, 0.25) is 0 Å². The van der Waals surface area contributed by atoms with Gasteiger partial charge in [-0.2, -0.15) is 0 Å². The average molecular weight is 338 g/mol. The Morgan fingerprint density at radius 3 is 2.79 bits per heavy atom. The molecule has 0 aliphatic carbocycles. The third-order valence-electron chi connectivity index (χ3n) is 3.73. The van der Waals surface area contributed by atoms with Crippen molar-refractivity contribution in [2.45, 2.75) is 36.6 Å². The number of halogens is 1. The van der Waals surface area contributed by atoms with Crippen LogP contribution in [0, 0.1) is 0 Å². The Morgan fingerprint density at radius 2 is 2.00 bits per heavy atom. The minimum absolute atomic E-state index is 0.175. The third kappa shape index (κ3) is 2.75. The maximum atomic E-state index is 12.4. The van der Waals surface area contributed by atoms with Crippen molar-refractivity contribution in [3.05, 3.63) is 39.7 Å². The molecule has 0 N–H and O–H groups in total. The van der Waals surface area contributed by atoms with Crippen molar-refractivity contribution in [3.63, 3.8) is 0 Å². The highest BCUT2D eigenvalue weighted by Gasteiger charge is 2.34. The lowest BCUT2D eigenvalue weighted by Crippen LogP contribution is -2.46. The van der Waals surface area contributed by atoms with Crippen LogP contribution in [-0.2, 0) is 4.79 Å². The minimum atomic E-state index is 0.175. The number of thioether (sulfide) groups is 1. The number of rotatable bonds is 2.